The molecule has 7 heteroatoms. The van der Waals surface area contributed by atoms with Gasteiger partial charge in [0.05, 0.1) is 5.92 Å². The molecule has 0 amide bonds. The van der Waals surface area contributed by atoms with Gasteiger partial charge >= 0.3 is 5.97 Å². The van der Waals surface area contributed by atoms with Crippen LogP contribution < -0.4 is 5.32 Å². The zero-order valence-electron chi connectivity index (χ0n) is 20.4. The molecule has 1 atom stereocenters. The number of carboxylic acid groups (broad SMARTS) is 1. The fourth-order valence-electron chi connectivity index (χ4n) is 5.69. The molecule has 0 bridgehead atoms. The molecule has 6 rings (SSSR count). The van der Waals surface area contributed by atoms with Gasteiger partial charge in [-0.1, -0.05) is 17.3 Å². The van der Waals surface area contributed by atoms with Gasteiger partial charge in [0.2, 0.25) is 5.82 Å². The maximum Gasteiger partial charge on any atom is 0.306 e. The highest BCUT2D eigenvalue weighted by atomic mass is 16.5. The van der Waals surface area contributed by atoms with Gasteiger partial charge in [0.15, 0.2) is 0 Å². The normalized spacial score (nSPS) is 20.7. The van der Waals surface area contributed by atoms with E-state index in [2.05, 4.69) is 59.6 Å². The Morgan fingerprint density at radius 1 is 1.00 bits per heavy atom. The molecule has 1 fully saturated rings. The highest BCUT2D eigenvalue weighted by molar-refractivity contribution is 5.75. The molecule has 1 unspecified atom stereocenters. The Morgan fingerprint density at radius 3 is 2.47 bits per heavy atom. The van der Waals surface area contributed by atoms with Crippen molar-refractivity contribution >= 4 is 5.97 Å². The van der Waals surface area contributed by atoms with Gasteiger partial charge in [0.25, 0.3) is 5.89 Å². The van der Waals surface area contributed by atoms with Crippen LogP contribution >= 0.6 is 0 Å². The van der Waals surface area contributed by atoms with Crippen molar-refractivity contribution in [2.24, 2.45) is 5.92 Å². The average Bonchev–Trinajstić information content (AvgIpc) is 3.48. The monoisotopic (exact) mass is 480 g/mol. The number of hydrogen-bond acceptors (Lipinski definition) is 6. The Kier molecular flexibility index (Phi) is 5.64. The molecule has 2 heterocycles. The topological polar surface area (TPSA) is 101 Å². The lowest BCUT2D eigenvalue weighted by Crippen LogP contribution is -2.45. The minimum atomic E-state index is -0.681. The number of pyridine rings is 1. The van der Waals surface area contributed by atoms with E-state index in [9.17, 15) is 4.79 Å². The lowest BCUT2D eigenvalue weighted by molar-refractivity contribution is -0.145. The van der Waals surface area contributed by atoms with Crippen LogP contribution in [0.5, 0.6) is 0 Å². The van der Waals surface area contributed by atoms with E-state index in [4.69, 9.17) is 14.6 Å². The summed E-state index contributed by atoms with van der Waals surface area (Å²) in [7, 11) is 0. The van der Waals surface area contributed by atoms with Crippen molar-refractivity contribution in [3.05, 3.63) is 77.1 Å². The lowest BCUT2D eigenvalue weighted by Gasteiger charge is -2.35. The molecule has 2 N–H and O–H groups in total. The van der Waals surface area contributed by atoms with Gasteiger partial charge in [0, 0.05) is 35.6 Å². The molecule has 4 aromatic rings. The average molecular weight is 481 g/mol. The van der Waals surface area contributed by atoms with Crippen LogP contribution in [0, 0.1) is 19.8 Å². The van der Waals surface area contributed by atoms with Crippen molar-refractivity contribution in [2.45, 2.75) is 51.6 Å². The van der Waals surface area contributed by atoms with Crippen LogP contribution in [0.15, 0.2) is 59.4 Å². The minimum absolute atomic E-state index is 0.197. The van der Waals surface area contributed by atoms with Crippen molar-refractivity contribution in [1.82, 2.24) is 20.4 Å². The van der Waals surface area contributed by atoms with E-state index in [0.717, 1.165) is 40.7 Å². The van der Waals surface area contributed by atoms with Crippen molar-refractivity contribution < 1.29 is 14.4 Å². The molecule has 2 aromatic heterocycles. The second kappa shape index (κ2) is 8.99. The number of nitrogens with zero attached hydrogens (tertiary/aromatic N) is 3. The second-order valence-corrected chi connectivity index (χ2v) is 10.0. The molecule has 0 aliphatic heterocycles. The summed E-state index contributed by atoms with van der Waals surface area (Å²) in [6, 6.07) is 15.2. The van der Waals surface area contributed by atoms with Crippen molar-refractivity contribution in [3.8, 4) is 34.0 Å². The molecular weight excluding hydrogens is 452 g/mol. The molecule has 2 aromatic carbocycles. The summed E-state index contributed by atoms with van der Waals surface area (Å²) in [5.74, 6) is 0.216. The summed E-state index contributed by atoms with van der Waals surface area (Å²) in [6.07, 6.45) is 7.05. The largest absolute Gasteiger partial charge is 0.481 e. The first-order valence-electron chi connectivity index (χ1n) is 12.4. The Morgan fingerprint density at radius 2 is 1.75 bits per heavy atom. The maximum atomic E-state index is 11.1. The number of aryl methyl sites for hydroxylation is 3. The third-order valence-electron chi connectivity index (χ3n) is 7.58. The second-order valence-electron chi connectivity index (χ2n) is 10.0. The number of rotatable bonds is 6. The summed E-state index contributed by atoms with van der Waals surface area (Å²) >= 11 is 0. The molecule has 182 valence electrons. The van der Waals surface area contributed by atoms with E-state index in [1.54, 1.807) is 0 Å². The predicted octanol–water partition coefficient (Wildman–Crippen LogP) is 5.52. The summed E-state index contributed by atoms with van der Waals surface area (Å²) in [6.45, 7) is 4.19. The molecular formula is C29H28N4O3. The zero-order chi connectivity index (χ0) is 24.8. The zero-order valence-corrected chi connectivity index (χ0v) is 20.4. The number of fused-ring (bicyclic) bond motifs is 1. The van der Waals surface area contributed by atoms with E-state index in [1.807, 2.05) is 24.5 Å². The third-order valence-corrected chi connectivity index (χ3v) is 7.58. The van der Waals surface area contributed by atoms with Crippen molar-refractivity contribution in [3.63, 3.8) is 0 Å². The lowest BCUT2D eigenvalue weighted by atomic mass is 9.80. The van der Waals surface area contributed by atoms with Crippen molar-refractivity contribution in [2.75, 3.05) is 0 Å². The van der Waals surface area contributed by atoms with Crippen LogP contribution in [0.2, 0.25) is 0 Å². The van der Waals surface area contributed by atoms with E-state index < -0.39 is 5.97 Å². The highest BCUT2D eigenvalue weighted by Crippen LogP contribution is 2.38. The first kappa shape index (κ1) is 22.6. The fraction of sp³-hybridized carbons (Fsp3) is 0.310. The summed E-state index contributed by atoms with van der Waals surface area (Å²) in [5.41, 5.74) is 9.07. The highest BCUT2D eigenvalue weighted by Gasteiger charge is 2.36. The molecule has 7 nitrogen and oxygen atoms in total. The molecule has 0 spiro atoms. The Labute approximate surface area is 209 Å². The third kappa shape index (κ3) is 4.09. The van der Waals surface area contributed by atoms with Gasteiger partial charge in [0.1, 0.15) is 0 Å². The molecule has 2 aliphatic carbocycles. The molecule has 0 radical (unpaired) electrons. The van der Waals surface area contributed by atoms with Gasteiger partial charge in [-0.05, 0) is 103 Å². The first-order valence-corrected chi connectivity index (χ1v) is 12.4. The molecule has 1 saturated carbocycles. The number of nitrogens with one attached hydrogen (secondary N) is 1. The Hall–Kier alpha value is -3.84. The van der Waals surface area contributed by atoms with E-state index in [1.165, 1.54) is 16.7 Å². The van der Waals surface area contributed by atoms with E-state index >= 15 is 0 Å². The van der Waals surface area contributed by atoms with Crippen LogP contribution in [0.1, 0.15) is 47.6 Å². The smallest absolute Gasteiger partial charge is 0.306 e. The van der Waals surface area contributed by atoms with Crippen molar-refractivity contribution in [1.29, 1.82) is 0 Å². The molecule has 36 heavy (non-hydrogen) atoms. The van der Waals surface area contributed by atoms with Crippen LogP contribution in [0.25, 0.3) is 34.0 Å². The number of benzene rings is 2. The van der Waals surface area contributed by atoms with Gasteiger partial charge in [-0.15, -0.1) is 0 Å². The number of carboxylic acids is 1. The van der Waals surface area contributed by atoms with Gasteiger partial charge in [-0.25, -0.2) is 0 Å². The number of hydrogen-bond donors (Lipinski definition) is 2. The van der Waals surface area contributed by atoms with Gasteiger partial charge < -0.3 is 14.9 Å². The van der Waals surface area contributed by atoms with Crippen LogP contribution in [-0.2, 0) is 11.2 Å². The van der Waals surface area contributed by atoms with Crippen LogP contribution in [0.4, 0.5) is 0 Å². The maximum absolute atomic E-state index is 11.1. The number of aromatic nitrogens is 3. The van der Waals surface area contributed by atoms with Gasteiger partial charge in [-0.2, -0.15) is 4.98 Å². The SMILES string of the molecule is Cc1cc(-c2nc(-c3ccc4c(c3)CCC4NC3CC(C(=O)O)C3)no2)cc(C)c1-c1ccncc1. The Bertz CT molecular complexity index is 1420. The Balaban J connectivity index is 1.20. The predicted molar refractivity (Wildman–Crippen MR) is 136 cm³/mol. The standard InChI is InChI=1S/C29H28N4O3/c1-16-11-21(12-17(2)26(16)18-7-9-30-10-8-18)28-32-27(33-36-28)20-3-5-24-19(13-20)4-6-25(24)31-23-14-22(15-23)29(34)35/h3,5,7-13,22-23,25,31H,4,6,14-15H2,1-2H3,(H,34,35). The van der Waals surface area contributed by atoms with Crippen LogP contribution in [0.3, 0.4) is 0 Å². The summed E-state index contributed by atoms with van der Waals surface area (Å²) in [4.78, 5) is 19.9. The molecule has 0 saturated heterocycles. The summed E-state index contributed by atoms with van der Waals surface area (Å²) < 4.78 is 5.67. The van der Waals surface area contributed by atoms with Gasteiger partial charge in [-0.3, -0.25) is 9.78 Å². The van der Waals surface area contributed by atoms with E-state index in [-0.39, 0.29) is 12.0 Å². The molecule has 2 aliphatic rings. The first-order chi connectivity index (χ1) is 17.5. The summed E-state index contributed by atoms with van der Waals surface area (Å²) in [5, 5.41) is 17.0. The van der Waals surface area contributed by atoms with E-state index in [0.29, 0.717) is 30.6 Å². The fourth-order valence-corrected chi connectivity index (χ4v) is 5.69. The number of aliphatic carboxylic acids is 1. The minimum Gasteiger partial charge on any atom is -0.481 e. The quantitative estimate of drug-likeness (QED) is 0.374. The number of carbonyl (C=O) groups is 1. The van der Waals surface area contributed by atoms with Crippen LogP contribution in [-0.4, -0.2) is 32.2 Å².